The summed E-state index contributed by atoms with van der Waals surface area (Å²) in [7, 11) is 1.56. The molecule has 1 saturated carbocycles. The van der Waals surface area contributed by atoms with Crippen LogP contribution in [0.4, 0.5) is 0 Å². The van der Waals surface area contributed by atoms with E-state index in [1.165, 1.54) is 11.3 Å². The zero-order valence-electron chi connectivity index (χ0n) is 12.1. The normalized spacial score (nSPS) is 18.0. The van der Waals surface area contributed by atoms with Crippen LogP contribution in [-0.2, 0) is 16.1 Å². The fraction of sp³-hybridized carbons (Fsp3) is 0.643. The molecule has 116 valence electrons. The third-order valence-electron chi connectivity index (χ3n) is 3.77. The second kappa shape index (κ2) is 7.00. The maximum absolute atomic E-state index is 12.3. The summed E-state index contributed by atoms with van der Waals surface area (Å²) < 4.78 is 4.97. The lowest BCUT2D eigenvalue weighted by molar-refractivity contribution is -0.145. The highest BCUT2D eigenvalue weighted by Crippen LogP contribution is 2.28. The summed E-state index contributed by atoms with van der Waals surface area (Å²) in [5, 5.41) is 14.6. The van der Waals surface area contributed by atoms with Crippen molar-refractivity contribution in [2.75, 3.05) is 7.11 Å². The smallest absolute Gasteiger partial charge is 0.329 e. The van der Waals surface area contributed by atoms with E-state index >= 15 is 0 Å². The molecule has 1 amide bonds. The lowest BCUT2D eigenvalue weighted by Crippen LogP contribution is -2.54. The van der Waals surface area contributed by atoms with Crippen molar-refractivity contribution >= 4 is 23.2 Å². The van der Waals surface area contributed by atoms with Gasteiger partial charge in [-0.15, -0.1) is 11.3 Å². The Morgan fingerprint density at radius 3 is 2.62 bits per heavy atom. The first-order valence-corrected chi connectivity index (χ1v) is 7.94. The topological polar surface area (TPSA) is 88.5 Å². The first kappa shape index (κ1) is 15.9. The number of aromatic nitrogens is 1. The summed E-state index contributed by atoms with van der Waals surface area (Å²) in [5.41, 5.74) is -0.893. The number of aliphatic carboxylic acids is 1. The molecule has 0 saturated heterocycles. The molecule has 0 aromatic carbocycles. The molecule has 0 unspecified atom stereocenters. The van der Waals surface area contributed by atoms with Gasteiger partial charge in [-0.05, 0) is 12.8 Å². The van der Waals surface area contributed by atoms with E-state index in [2.05, 4.69) is 10.3 Å². The minimum absolute atomic E-state index is 0.261. The van der Waals surface area contributed by atoms with Gasteiger partial charge in [0.15, 0.2) is 0 Å². The zero-order chi connectivity index (χ0) is 15.3. The van der Waals surface area contributed by atoms with Gasteiger partial charge >= 0.3 is 5.97 Å². The summed E-state index contributed by atoms with van der Waals surface area (Å²) in [5.74, 6) is -1.37. The van der Waals surface area contributed by atoms with Gasteiger partial charge in [0.2, 0.25) is 0 Å². The number of methoxy groups -OCH3 is 1. The van der Waals surface area contributed by atoms with Crippen molar-refractivity contribution in [3.63, 3.8) is 0 Å². The molecule has 0 atom stereocenters. The van der Waals surface area contributed by atoms with Crippen LogP contribution in [-0.4, -0.2) is 34.6 Å². The molecule has 2 rings (SSSR count). The van der Waals surface area contributed by atoms with Gasteiger partial charge in [0.25, 0.3) is 5.91 Å². The van der Waals surface area contributed by atoms with Crippen LogP contribution < -0.4 is 5.32 Å². The standard InChI is InChI=1S/C14H20N2O4S/c1-20-8-11-15-10(9-21-11)12(17)16-14(13(18)19)6-4-2-3-5-7-14/h9H,2-8H2,1H3,(H,16,17)(H,18,19). The van der Waals surface area contributed by atoms with Crippen molar-refractivity contribution in [3.8, 4) is 0 Å². The first-order valence-electron chi connectivity index (χ1n) is 7.07. The number of rotatable bonds is 5. The van der Waals surface area contributed by atoms with Crippen LogP contribution in [0.15, 0.2) is 5.38 Å². The average molecular weight is 312 g/mol. The Hall–Kier alpha value is -1.47. The molecular weight excluding hydrogens is 292 g/mol. The Morgan fingerprint density at radius 2 is 2.05 bits per heavy atom. The van der Waals surface area contributed by atoms with Gasteiger partial charge in [0.1, 0.15) is 16.2 Å². The van der Waals surface area contributed by atoms with E-state index in [1.807, 2.05) is 0 Å². The summed E-state index contributed by atoms with van der Waals surface area (Å²) in [4.78, 5) is 28.1. The van der Waals surface area contributed by atoms with Crippen LogP contribution in [0.2, 0.25) is 0 Å². The fourth-order valence-corrected chi connectivity index (χ4v) is 3.36. The number of thiazole rings is 1. The molecule has 6 nitrogen and oxygen atoms in total. The summed E-state index contributed by atoms with van der Waals surface area (Å²) in [6.07, 6.45) is 4.61. The van der Waals surface area contributed by atoms with Gasteiger partial charge < -0.3 is 15.2 Å². The van der Waals surface area contributed by atoms with Crippen LogP contribution in [0, 0.1) is 0 Å². The van der Waals surface area contributed by atoms with Gasteiger partial charge in [-0.1, -0.05) is 25.7 Å². The largest absolute Gasteiger partial charge is 0.480 e. The van der Waals surface area contributed by atoms with Crippen LogP contribution >= 0.6 is 11.3 Å². The Morgan fingerprint density at radius 1 is 1.38 bits per heavy atom. The highest BCUT2D eigenvalue weighted by atomic mass is 32.1. The van der Waals surface area contributed by atoms with E-state index in [0.29, 0.717) is 24.5 Å². The lowest BCUT2D eigenvalue weighted by Gasteiger charge is -2.28. The SMILES string of the molecule is COCc1nc(C(=O)NC2(C(=O)O)CCCCCC2)cs1. The fourth-order valence-electron chi connectivity index (χ4n) is 2.61. The van der Waals surface area contributed by atoms with E-state index < -0.39 is 17.4 Å². The van der Waals surface area contributed by atoms with Crippen molar-refractivity contribution in [3.05, 3.63) is 16.1 Å². The minimum atomic E-state index is -1.15. The molecule has 1 aromatic heterocycles. The maximum atomic E-state index is 12.3. The van der Waals surface area contributed by atoms with Gasteiger partial charge in [-0.2, -0.15) is 0 Å². The molecule has 2 N–H and O–H groups in total. The van der Waals surface area contributed by atoms with Crippen molar-refractivity contribution in [1.29, 1.82) is 0 Å². The number of carboxylic acids is 1. The second-order valence-electron chi connectivity index (χ2n) is 5.32. The van der Waals surface area contributed by atoms with Crippen molar-refractivity contribution in [2.45, 2.75) is 50.7 Å². The van der Waals surface area contributed by atoms with E-state index in [1.54, 1.807) is 12.5 Å². The number of ether oxygens (including phenoxy) is 1. The van der Waals surface area contributed by atoms with E-state index in [0.717, 1.165) is 25.7 Å². The van der Waals surface area contributed by atoms with Crippen molar-refractivity contribution < 1.29 is 19.4 Å². The van der Waals surface area contributed by atoms with Crippen LogP contribution in [0.1, 0.15) is 54.0 Å². The van der Waals surface area contributed by atoms with Crippen LogP contribution in [0.5, 0.6) is 0 Å². The number of carbonyl (C=O) groups is 2. The quantitative estimate of drug-likeness (QED) is 0.814. The molecule has 1 fully saturated rings. The summed E-state index contributed by atoms with van der Waals surface area (Å²) >= 11 is 1.33. The predicted molar refractivity (Wildman–Crippen MR) is 78.4 cm³/mol. The summed E-state index contributed by atoms with van der Waals surface area (Å²) in [6.45, 7) is 0.349. The number of carboxylic acid groups (broad SMARTS) is 1. The van der Waals surface area contributed by atoms with Crippen molar-refractivity contribution in [1.82, 2.24) is 10.3 Å². The molecule has 0 spiro atoms. The molecule has 0 bridgehead atoms. The Labute approximate surface area is 127 Å². The third kappa shape index (κ3) is 3.79. The molecular formula is C14H20N2O4S. The molecule has 21 heavy (non-hydrogen) atoms. The number of nitrogens with one attached hydrogen (secondary N) is 1. The molecule has 1 aliphatic carbocycles. The van der Waals surface area contributed by atoms with Gasteiger partial charge in [0.05, 0.1) is 6.61 Å². The molecule has 0 radical (unpaired) electrons. The molecule has 1 aliphatic rings. The number of amides is 1. The van der Waals surface area contributed by atoms with E-state index in [-0.39, 0.29) is 5.69 Å². The Bertz CT molecular complexity index is 507. The van der Waals surface area contributed by atoms with Gasteiger partial charge in [0, 0.05) is 12.5 Å². The van der Waals surface area contributed by atoms with Crippen LogP contribution in [0.3, 0.4) is 0 Å². The molecule has 7 heteroatoms. The highest BCUT2D eigenvalue weighted by molar-refractivity contribution is 7.09. The number of carbonyl (C=O) groups excluding carboxylic acids is 1. The number of nitrogens with zero attached hydrogens (tertiary/aromatic N) is 1. The van der Waals surface area contributed by atoms with E-state index in [4.69, 9.17) is 4.74 Å². The third-order valence-corrected chi connectivity index (χ3v) is 4.59. The first-order chi connectivity index (χ1) is 10.1. The predicted octanol–water partition coefficient (Wildman–Crippen LogP) is 2.20. The number of hydrogen-bond donors (Lipinski definition) is 2. The highest BCUT2D eigenvalue weighted by Gasteiger charge is 2.40. The number of hydrogen-bond acceptors (Lipinski definition) is 5. The van der Waals surface area contributed by atoms with Gasteiger partial charge in [-0.3, -0.25) is 4.79 Å². The average Bonchev–Trinajstić information content (AvgIpc) is 2.78. The van der Waals surface area contributed by atoms with Gasteiger partial charge in [-0.25, -0.2) is 9.78 Å². The Kier molecular flexibility index (Phi) is 5.30. The molecule has 1 heterocycles. The Balaban J connectivity index is 2.11. The monoisotopic (exact) mass is 312 g/mol. The lowest BCUT2D eigenvalue weighted by atomic mass is 9.90. The molecule has 0 aliphatic heterocycles. The van der Waals surface area contributed by atoms with E-state index in [9.17, 15) is 14.7 Å². The zero-order valence-corrected chi connectivity index (χ0v) is 12.9. The maximum Gasteiger partial charge on any atom is 0.329 e. The molecule has 1 aromatic rings. The second-order valence-corrected chi connectivity index (χ2v) is 6.26. The van der Waals surface area contributed by atoms with Crippen LogP contribution in [0.25, 0.3) is 0 Å². The minimum Gasteiger partial charge on any atom is -0.480 e. The van der Waals surface area contributed by atoms with Crippen molar-refractivity contribution in [2.24, 2.45) is 0 Å². The summed E-state index contributed by atoms with van der Waals surface area (Å²) in [6, 6.07) is 0.